The summed E-state index contributed by atoms with van der Waals surface area (Å²) in [7, 11) is 0. The zero-order chi connectivity index (χ0) is 23.3. The van der Waals surface area contributed by atoms with Crippen molar-refractivity contribution in [3.05, 3.63) is 0 Å². The standard InChI is InChI=1S/C28H46O4/c1-6-19-23-16-18(29)12-14-28(23,5)22-13-15-27(4)20(9-10-21(27)25(22)26(19)31)17(3)8-11-24(30)32-7-2/h17-23,25,29H,6-16H2,1-5H3/t17?,18?,19?,20?,21?,22?,23?,25?,27-,28-/m1/s1. The van der Waals surface area contributed by atoms with Crippen LogP contribution < -0.4 is 0 Å². The Kier molecular flexibility index (Phi) is 6.85. The van der Waals surface area contributed by atoms with Crippen LogP contribution in [-0.2, 0) is 14.3 Å². The highest BCUT2D eigenvalue weighted by atomic mass is 16.5. The van der Waals surface area contributed by atoms with E-state index in [1.54, 1.807) is 0 Å². The van der Waals surface area contributed by atoms with Crippen molar-refractivity contribution in [1.82, 2.24) is 0 Å². The number of esters is 1. The molecule has 0 heterocycles. The fourth-order valence-electron chi connectivity index (χ4n) is 9.39. The third-order valence-electron chi connectivity index (χ3n) is 11.0. The first kappa shape index (κ1) is 24.2. The van der Waals surface area contributed by atoms with Crippen molar-refractivity contribution in [3.8, 4) is 0 Å². The lowest BCUT2D eigenvalue weighted by atomic mass is 9.42. The molecule has 0 bridgehead atoms. The van der Waals surface area contributed by atoms with Crippen LogP contribution in [-0.4, -0.2) is 29.6 Å². The first-order valence-electron chi connectivity index (χ1n) is 13.5. The number of aliphatic hydroxyl groups is 1. The molecular formula is C28H46O4. The summed E-state index contributed by atoms with van der Waals surface area (Å²) in [6, 6.07) is 0. The molecule has 0 saturated heterocycles. The predicted octanol–water partition coefficient (Wildman–Crippen LogP) is 5.80. The molecule has 4 heteroatoms. The third-order valence-corrected chi connectivity index (χ3v) is 11.0. The van der Waals surface area contributed by atoms with Gasteiger partial charge in [-0.25, -0.2) is 0 Å². The Bertz CT molecular complexity index is 718. The molecule has 8 unspecified atom stereocenters. The van der Waals surface area contributed by atoms with E-state index in [-0.39, 0.29) is 34.7 Å². The smallest absolute Gasteiger partial charge is 0.305 e. The minimum Gasteiger partial charge on any atom is -0.466 e. The van der Waals surface area contributed by atoms with Crippen LogP contribution in [0.15, 0.2) is 0 Å². The maximum Gasteiger partial charge on any atom is 0.305 e. The number of hydrogen-bond acceptors (Lipinski definition) is 4. The van der Waals surface area contributed by atoms with E-state index in [1.807, 2.05) is 6.92 Å². The number of aliphatic hydroxyl groups excluding tert-OH is 1. The molecule has 1 N–H and O–H groups in total. The first-order chi connectivity index (χ1) is 15.2. The second-order valence-electron chi connectivity index (χ2n) is 12.2. The van der Waals surface area contributed by atoms with Crippen molar-refractivity contribution in [1.29, 1.82) is 0 Å². The fraction of sp³-hybridized carbons (Fsp3) is 0.929. The van der Waals surface area contributed by atoms with Crippen LogP contribution in [0.2, 0.25) is 0 Å². The molecule has 4 aliphatic carbocycles. The highest BCUT2D eigenvalue weighted by Gasteiger charge is 2.65. The van der Waals surface area contributed by atoms with E-state index < -0.39 is 0 Å². The van der Waals surface area contributed by atoms with Crippen LogP contribution in [0.3, 0.4) is 0 Å². The second kappa shape index (κ2) is 9.04. The molecule has 0 aromatic heterocycles. The second-order valence-corrected chi connectivity index (χ2v) is 12.2. The molecule has 0 radical (unpaired) electrons. The maximum atomic E-state index is 14.0. The summed E-state index contributed by atoms with van der Waals surface area (Å²) in [5.74, 6) is 3.20. The topological polar surface area (TPSA) is 63.6 Å². The molecule has 4 aliphatic rings. The Labute approximate surface area is 195 Å². The average molecular weight is 447 g/mol. The van der Waals surface area contributed by atoms with Gasteiger partial charge in [-0.15, -0.1) is 0 Å². The molecule has 0 aliphatic heterocycles. The van der Waals surface area contributed by atoms with E-state index in [9.17, 15) is 14.7 Å². The van der Waals surface area contributed by atoms with Gasteiger partial charge in [-0.05, 0) is 105 Å². The molecule has 0 amide bonds. The molecule has 32 heavy (non-hydrogen) atoms. The number of hydrogen-bond donors (Lipinski definition) is 1. The largest absolute Gasteiger partial charge is 0.466 e. The van der Waals surface area contributed by atoms with Crippen LogP contribution >= 0.6 is 0 Å². The highest BCUT2D eigenvalue weighted by molar-refractivity contribution is 5.86. The zero-order valence-electron chi connectivity index (χ0n) is 21.1. The number of rotatable bonds is 6. The van der Waals surface area contributed by atoms with Gasteiger partial charge in [-0.3, -0.25) is 9.59 Å². The average Bonchev–Trinajstić information content (AvgIpc) is 3.11. The SMILES string of the molecule is CCOC(=O)CCC(C)C1CCC2C3C(=O)C(CC)C4CC(O)CC[C@]4(C)C3CC[C@]12C. The van der Waals surface area contributed by atoms with E-state index in [0.717, 1.165) is 44.9 Å². The number of carbonyl (C=O) groups excluding carboxylic acids is 2. The molecule has 182 valence electrons. The number of fused-ring (bicyclic) bond motifs is 5. The van der Waals surface area contributed by atoms with Crippen LogP contribution in [0.4, 0.5) is 0 Å². The Hall–Kier alpha value is -0.900. The fourth-order valence-corrected chi connectivity index (χ4v) is 9.39. The zero-order valence-corrected chi connectivity index (χ0v) is 21.1. The molecular weight excluding hydrogens is 400 g/mol. The van der Waals surface area contributed by atoms with Crippen molar-refractivity contribution in [2.75, 3.05) is 6.61 Å². The minimum absolute atomic E-state index is 0.0746. The van der Waals surface area contributed by atoms with Gasteiger partial charge in [0.2, 0.25) is 0 Å². The van der Waals surface area contributed by atoms with Crippen LogP contribution in [0.5, 0.6) is 0 Å². The Balaban J connectivity index is 1.56. The lowest BCUT2D eigenvalue weighted by molar-refractivity contribution is -0.173. The Morgan fingerprint density at radius 2 is 1.75 bits per heavy atom. The maximum absolute atomic E-state index is 14.0. The van der Waals surface area contributed by atoms with Crippen LogP contribution in [0.1, 0.15) is 98.8 Å². The van der Waals surface area contributed by atoms with Gasteiger partial charge in [0, 0.05) is 18.3 Å². The van der Waals surface area contributed by atoms with Gasteiger partial charge in [-0.1, -0.05) is 27.7 Å². The van der Waals surface area contributed by atoms with Gasteiger partial charge >= 0.3 is 5.97 Å². The van der Waals surface area contributed by atoms with E-state index in [1.165, 1.54) is 12.8 Å². The Morgan fingerprint density at radius 1 is 1.06 bits per heavy atom. The summed E-state index contributed by atoms with van der Waals surface area (Å²) in [6.07, 6.45) is 9.61. The molecule has 4 nitrogen and oxygen atoms in total. The number of ether oxygens (including phenoxy) is 1. The summed E-state index contributed by atoms with van der Waals surface area (Å²) in [6.45, 7) is 11.8. The van der Waals surface area contributed by atoms with Gasteiger partial charge in [0.15, 0.2) is 0 Å². The normalized spacial score (nSPS) is 46.7. The monoisotopic (exact) mass is 446 g/mol. The van der Waals surface area contributed by atoms with Crippen molar-refractivity contribution in [2.24, 2.45) is 52.3 Å². The quantitative estimate of drug-likeness (QED) is 0.524. The van der Waals surface area contributed by atoms with Gasteiger partial charge in [0.1, 0.15) is 5.78 Å². The molecule has 4 rings (SSSR count). The molecule has 0 aromatic rings. The lowest BCUT2D eigenvalue weighted by Gasteiger charge is -2.62. The van der Waals surface area contributed by atoms with Gasteiger partial charge in [0.05, 0.1) is 12.7 Å². The van der Waals surface area contributed by atoms with E-state index in [4.69, 9.17) is 4.74 Å². The van der Waals surface area contributed by atoms with Gasteiger partial charge in [0.25, 0.3) is 0 Å². The van der Waals surface area contributed by atoms with Gasteiger partial charge in [-0.2, -0.15) is 0 Å². The third kappa shape index (κ3) is 3.77. The van der Waals surface area contributed by atoms with Crippen molar-refractivity contribution >= 4 is 11.8 Å². The van der Waals surface area contributed by atoms with Crippen LogP contribution in [0.25, 0.3) is 0 Å². The summed E-state index contributed by atoms with van der Waals surface area (Å²) in [4.78, 5) is 25.9. The summed E-state index contributed by atoms with van der Waals surface area (Å²) in [5.41, 5.74) is 0.411. The van der Waals surface area contributed by atoms with E-state index >= 15 is 0 Å². The highest BCUT2D eigenvalue weighted by Crippen LogP contribution is 2.68. The van der Waals surface area contributed by atoms with Crippen LogP contribution in [0, 0.1) is 52.3 Å². The lowest BCUT2D eigenvalue weighted by Crippen LogP contribution is -2.60. The van der Waals surface area contributed by atoms with Crippen molar-refractivity contribution < 1.29 is 19.4 Å². The molecule has 4 saturated carbocycles. The van der Waals surface area contributed by atoms with E-state index in [2.05, 4.69) is 27.7 Å². The molecule has 0 spiro atoms. The van der Waals surface area contributed by atoms with E-state index in [0.29, 0.717) is 48.4 Å². The summed E-state index contributed by atoms with van der Waals surface area (Å²) < 4.78 is 5.16. The summed E-state index contributed by atoms with van der Waals surface area (Å²) in [5, 5.41) is 10.4. The Morgan fingerprint density at radius 3 is 2.44 bits per heavy atom. The first-order valence-corrected chi connectivity index (χ1v) is 13.5. The molecule has 10 atom stereocenters. The van der Waals surface area contributed by atoms with Crippen molar-refractivity contribution in [2.45, 2.75) is 105 Å². The number of carbonyl (C=O) groups is 2. The minimum atomic E-state index is -0.226. The number of Topliss-reactive ketones (excluding diaryl/α,β-unsaturated/α-hetero) is 1. The predicted molar refractivity (Wildman–Crippen MR) is 126 cm³/mol. The van der Waals surface area contributed by atoms with Crippen molar-refractivity contribution in [3.63, 3.8) is 0 Å². The summed E-state index contributed by atoms with van der Waals surface area (Å²) >= 11 is 0. The molecule has 4 fully saturated rings. The number of ketones is 1. The van der Waals surface area contributed by atoms with Gasteiger partial charge < -0.3 is 9.84 Å². The molecule has 0 aromatic carbocycles.